The van der Waals surface area contributed by atoms with E-state index in [1.807, 2.05) is 0 Å². The summed E-state index contributed by atoms with van der Waals surface area (Å²) in [5.41, 5.74) is 0.893. The van der Waals surface area contributed by atoms with Crippen molar-refractivity contribution in [2.45, 2.75) is 0 Å². The molecule has 0 saturated carbocycles. The van der Waals surface area contributed by atoms with Crippen LogP contribution in [-0.2, 0) is 0 Å². The number of benzene rings is 2. The number of nitrogens with one attached hydrogen (secondary N) is 1. The monoisotopic (exact) mass is 404 g/mol. The molecule has 0 fully saturated rings. The highest BCUT2D eigenvalue weighted by atomic mass is 79.9. The first-order valence-corrected chi connectivity index (χ1v) is 7.80. The predicted octanol–water partition coefficient (Wildman–Crippen LogP) is 3.93. The highest BCUT2D eigenvalue weighted by molar-refractivity contribution is 9.10. The minimum Gasteiger partial charge on any atom is -0.320 e. The quantitative estimate of drug-likeness (QED) is 0.526. The molecule has 0 saturated heterocycles. The third-order valence-electron chi connectivity index (χ3n) is 3.31. The van der Waals surface area contributed by atoms with Gasteiger partial charge in [-0.3, -0.25) is 14.9 Å². The van der Waals surface area contributed by atoms with Gasteiger partial charge < -0.3 is 5.32 Å². The van der Waals surface area contributed by atoms with Crippen LogP contribution in [0.15, 0.2) is 59.2 Å². The number of halogens is 2. The van der Waals surface area contributed by atoms with Crippen molar-refractivity contribution in [1.29, 1.82) is 0 Å². The Bertz CT molecular complexity index is 974. The van der Waals surface area contributed by atoms with E-state index < -0.39 is 16.6 Å². The Morgan fingerprint density at radius 1 is 1.24 bits per heavy atom. The van der Waals surface area contributed by atoms with Gasteiger partial charge in [0.05, 0.1) is 16.3 Å². The summed E-state index contributed by atoms with van der Waals surface area (Å²) in [7, 11) is 0. The second kappa shape index (κ2) is 6.81. The number of rotatable bonds is 4. The minimum atomic E-state index is -0.507. The zero-order valence-electron chi connectivity index (χ0n) is 12.5. The molecule has 0 spiro atoms. The topological polar surface area (TPSA) is 90.1 Å². The number of non-ortho nitro benzene ring substituents is 1. The Labute approximate surface area is 149 Å². The van der Waals surface area contributed by atoms with Crippen molar-refractivity contribution in [3.8, 4) is 5.69 Å². The van der Waals surface area contributed by atoms with Crippen molar-refractivity contribution in [3.05, 3.63) is 80.8 Å². The number of nitro groups is 1. The average molecular weight is 405 g/mol. The summed E-state index contributed by atoms with van der Waals surface area (Å²) in [6, 6.07) is 11.3. The Balaban J connectivity index is 1.82. The van der Waals surface area contributed by atoms with E-state index in [4.69, 9.17) is 0 Å². The van der Waals surface area contributed by atoms with Gasteiger partial charge in [-0.05, 0) is 46.3 Å². The summed E-state index contributed by atoms with van der Waals surface area (Å²) < 4.78 is 14.8. The van der Waals surface area contributed by atoms with Crippen molar-refractivity contribution < 1.29 is 14.1 Å². The van der Waals surface area contributed by atoms with Gasteiger partial charge in [0.15, 0.2) is 5.69 Å². The Morgan fingerprint density at radius 3 is 2.76 bits per heavy atom. The van der Waals surface area contributed by atoms with Crippen molar-refractivity contribution in [2.24, 2.45) is 0 Å². The van der Waals surface area contributed by atoms with Crippen LogP contribution in [0.25, 0.3) is 5.69 Å². The lowest BCUT2D eigenvalue weighted by atomic mass is 10.3. The van der Waals surface area contributed by atoms with Crippen molar-refractivity contribution in [3.63, 3.8) is 0 Å². The average Bonchev–Trinajstić information content (AvgIpc) is 3.07. The molecule has 1 aromatic heterocycles. The molecular formula is C16H10BrFN4O3. The number of carbonyl (C=O) groups excluding carboxylic acids is 1. The first kappa shape index (κ1) is 16.8. The summed E-state index contributed by atoms with van der Waals surface area (Å²) >= 11 is 3.17. The third-order valence-corrected chi connectivity index (χ3v) is 3.96. The number of hydrogen-bond donors (Lipinski definition) is 1. The summed E-state index contributed by atoms with van der Waals surface area (Å²) in [6.45, 7) is 0. The van der Waals surface area contributed by atoms with Gasteiger partial charge >= 0.3 is 0 Å². The highest BCUT2D eigenvalue weighted by Gasteiger charge is 2.13. The van der Waals surface area contributed by atoms with E-state index in [-0.39, 0.29) is 11.4 Å². The van der Waals surface area contributed by atoms with Crippen LogP contribution in [0.5, 0.6) is 0 Å². The van der Waals surface area contributed by atoms with E-state index in [0.717, 1.165) is 0 Å². The van der Waals surface area contributed by atoms with Crippen LogP contribution in [-0.4, -0.2) is 20.6 Å². The van der Waals surface area contributed by atoms with Gasteiger partial charge in [0.2, 0.25) is 0 Å². The first-order chi connectivity index (χ1) is 11.9. The molecule has 25 heavy (non-hydrogen) atoms. The summed E-state index contributed by atoms with van der Waals surface area (Å²) in [4.78, 5) is 22.6. The van der Waals surface area contributed by atoms with Gasteiger partial charge in [0.1, 0.15) is 5.82 Å². The highest BCUT2D eigenvalue weighted by Crippen LogP contribution is 2.23. The van der Waals surface area contributed by atoms with E-state index in [9.17, 15) is 19.3 Å². The molecule has 0 aliphatic rings. The van der Waals surface area contributed by atoms with E-state index in [2.05, 4.69) is 26.3 Å². The second-order valence-corrected chi connectivity index (χ2v) is 5.86. The zero-order valence-corrected chi connectivity index (χ0v) is 14.1. The van der Waals surface area contributed by atoms with Gasteiger partial charge in [-0.2, -0.15) is 5.10 Å². The van der Waals surface area contributed by atoms with Crippen LogP contribution in [0.4, 0.5) is 15.8 Å². The largest absolute Gasteiger partial charge is 0.320 e. The fourth-order valence-electron chi connectivity index (χ4n) is 2.12. The van der Waals surface area contributed by atoms with Crippen LogP contribution in [0.3, 0.4) is 0 Å². The van der Waals surface area contributed by atoms with Gasteiger partial charge in [0.25, 0.3) is 11.6 Å². The molecule has 0 radical (unpaired) electrons. The minimum absolute atomic E-state index is 0.0748. The number of anilines is 1. The number of aromatic nitrogens is 2. The molecule has 126 valence electrons. The lowest BCUT2D eigenvalue weighted by Crippen LogP contribution is -2.13. The zero-order chi connectivity index (χ0) is 18.0. The molecule has 3 rings (SSSR count). The molecular weight excluding hydrogens is 395 g/mol. The summed E-state index contributed by atoms with van der Waals surface area (Å²) in [5, 5.41) is 17.6. The van der Waals surface area contributed by atoms with Crippen molar-refractivity contribution >= 4 is 33.2 Å². The standard InChI is InChI=1S/C16H10BrFN4O3/c17-13-8-10(18)4-5-14(13)19-16(23)15-6-7-21(20-15)11-2-1-3-12(9-11)22(24)25/h1-9H,(H,19,23). The lowest BCUT2D eigenvalue weighted by molar-refractivity contribution is -0.384. The maximum atomic E-state index is 13.1. The molecule has 1 heterocycles. The Morgan fingerprint density at radius 2 is 2.04 bits per heavy atom. The number of nitrogens with zero attached hydrogens (tertiary/aromatic N) is 3. The van der Waals surface area contributed by atoms with E-state index in [1.54, 1.807) is 6.07 Å². The van der Waals surface area contributed by atoms with E-state index in [0.29, 0.717) is 15.8 Å². The lowest BCUT2D eigenvalue weighted by Gasteiger charge is -2.06. The summed E-state index contributed by atoms with van der Waals surface area (Å²) in [6.07, 6.45) is 1.52. The number of carbonyl (C=O) groups is 1. The molecule has 0 atom stereocenters. The van der Waals surface area contributed by atoms with Crippen LogP contribution >= 0.6 is 15.9 Å². The van der Waals surface area contributed by atoms with Crippen LogP contribution < -0.4 is 5.32 Å². The maximum Gasteiger partial charge on any atom is 0.276 e. The number of amides is 1. The van der Waals surface area contributed by atoms with Crippen molar-refractivity contribution in [2.75, 3.05) is 5.32 Å². The van der Waals surface area contributed by atoms with Crippen LogP contribution in [0.1, 0.15) is 10.5 Å². The molecule has 7 nitrogen and oxygen atoms in total. The third kappa shape index (κ3) is 3.72. The van der Waals surface area contributed by atoms with Crippen molar-refractivity contribution in [1.82, 2.24) is 9.78 Å². The molecule has 0 unspecified atom stereocenters. The van der Waals surface area contributed by atoms with Gasteiger partial charge in [-0.25, -0.2) is 9.07 Å². The Kier molecular flexibility index (Phi) is 4.57. The Hall–Kier alpha value is -3.07. The molecule has 0 bridgehead atoms. The molecule has 2 aromatic carbocycles. The van der Waals surface area contributed by atoms with Crippen LogP contribution in [0.2, 0.25) is 0 Å². The fraction of sp³-hybridized carbons (Fsp3) is 0. The molecule has 0 aliphatic heterocycles. The van der Waals surface area contributed by atoms with E-state index in [1.165, 1.54) is 53.3 Å². The number of nitro benzene ring substituents is 1. The fourth-order valence-corrected chi connectivity index (χ4v) is 2.57. The smallest absolute Gasteiger partial charge is 0.276 e. The van der Waals surface area contributed by atoms with Gasteiger partial charge in [0, 0.05) is 22.8 Å². The SMILES string of the molecule is O=C(Nc1ccc(F)cc1Br)c1ccn(-c2cccc([N+](=O)[O-])c2)n1. The first-order valence-electron chi connectivity index (χ1n) is 7.01. The van der Waals surface area contributed by atoms with Gasteiger partial charge in [-0.15, -0.1) is 0 Å². The molecule has 9 heteroatoms. The summed E-state index contributed by atoms with van der Waals surface area (Å²) in [5.74, 6) is -0.920. The van der Waals surface area contributed by atoms with Gasteiger partial charge in [-0.1, -0.05) is 6.07 Å². The molecule has 3 aromatic rings. The molecule has 1 N–H and O–H groups in total. The van der Waals surface area contributed by atoms with Crippen LogP contribution in [0, 0.1) is 15.9 Å². The normalized spacial score (nSPS) is 10.5. The van der Waals surface area contributed by atoms with E-state index >= 15 is 0 Å². The molecule has 0 aliphatic carbocycles. The predicted molar refractivity (Wildman–Crippen MR) is 92.3 cm³/mol. The molecule has 1 amide bonds. The maximum absolute atomic E-state index is 13.1. The number of hydrogen-bond acceptors (Lipinski definition) is 4. The second-order valence-electron chi connectivity index (χ2n) is 5.00.